The van der Waals surface area contributed by atoms with Crippen LogP contribution in [0.15, 0.2) is 48.5 Å². The van der Waals surface area contributed by atoms with E-state index in [9.17, 15) is 0 Å². The summed E-state index contributed by atoms with van der Waals surface area (Å²) in [6.07, 6.45) is 0. The fourth-order valence-corrected chi connectivity index (χ4v) is 3.08. The van der Waals surface area contributed by atoms with Crippen LogP contribution in [0.5, 0.6) is 0 Å². The van der Waals surface area contributed by atoms with E-state index in [1.54, 1.807) is 0 Å². The van der Waals surface area contributed by atoms with Crippen molar-refractivity contribution in [3.63, 3.8) is 0 Å². The lowest BCUT2D eigenvalue weighted by Gasteiger charge is -2.33. The van der Waals surface area contributed by atoms with E-state index in [-0.39, 0.29) is 6.04 Å². The molecule has 4 heteroatoms. The van der Waals surface area contributed by atoms with Gasteiger partial charge in [0, 0.05) is 34.4 Å². The molecule has 0 heterocycles. The molecule has 106 valence electrons. The highest BCUT2D eigenvalue weighted by Crippen LogP contribution is 2.35. The lowest BCUT2D eigenvalue weighted by Crippen LogP contribution is -2.34. The predicted molar refractivity (Wildman–Crippen MR) is 87.7 cm³/mol. The van der Waals surface area contributed by atoms with Gasteiger partial charge < -0.3 is 10.6 Å². The molecule has 2 nitrogen and oxygen atoms in total. The molecule has 2 rings (SSSR count). The molecule has 0 aliphatic heterocycles. The van der Waals surface area contributed by atoms with Crippen molar-refractivity contribution in [3.05, 3.63) is 64.1 Å². The number of nitrogens with zero attached hydrogens (tertiary/aromatic N) is 1. The van der Waals surface area contributed by atoms with Gasteiger partial charge in [-0.15, -0.1) is 0 Å². The van der Waals surface area contributed by atoms with Gasteiger partial charge in [0.1, 0.15) is 0 Å². The average Bonchev–Trinajstić information content (AvgIpc) is 2.47. The largest absolute Gasteiger partial charge is 0.363 e. The van der Waals surface area contributed by atoms with Gasteiger partial charge in [0.25, 0.3) is 0 Å². The van der Waals surface area contributed by atoms with E-state index in [0.717, 1.165) is 17.8 Å². The summed E-state index contributed by atoms with van der Waals surface area (Å²) in [5.41, 5.74) is 8.00. The highest BCUT2D eigenvalue weighted by Gasteiger charge is 2.22. The van der Waals surface area contributed by atoms with Crippen LogP contribution >= 0.6 is 23.2 Å². The van der Waals surface area contributed by atoms with Gasteiger partial charge in [-0.1, -0.05) is 47.5 Å². The van der Waals surface area contributed by atoms with Crippen molar-refractivity contribution in [2.45, 2.75) is 13.0 Å². The van der Waals surface area contributed by atoms with E-state index in [1.165, 1.54) is 0 Å². The molecular weight excluding hydrogens is 291 g/mol. The van der Waals surface area contributed by atoms with Crippen LogP contribution in [0.2, 0.25) is 10.0 Å². The second-order valence-corrected chi connectivity index (χ2v) is 5.32. The third-order valence-electron chi connectivity index (χ3n) is 3.36. The van der Waals surface area contributed by atoms with Crippen molar-refractivity contribution in [1.82, 2.24) is 0 Å². The minimum atomic E-state index is -0.0383. The minimum Gasteiger partial charge on any atom is -0.363 e. The summed E-state index contributed by atoms with van der Waals surface area (Å²) >= 11 is 12.6. The number of hydrogen-bond acceptors (Lipinski definition) is 2. The maximum Gasteiger partial charge on any atom is 0.0693 e. The van der Waals surface area contributed by atoms with Crippen LogP contribution in [0.1, 0.15) is 18.5 Å². The first kappa shape index (κ1) is 15.2. The number of likely N-dealkylation sites (N-methyl/N-ethyl adjacent to an activating group) is 1. The predicted octanol–water partition coefficient (Wildman–Crippen LogP) is 4.52. The molecule has 0 amide bonds. The molecule has 1 unspecified atom stereocenters. The van der Waals surface area contributed by atoms with E-state index in [4.69, 9.17) is 28.9 Å². The maximum atomic E-state index is 6.32. The van der Waals surface area contributed by atoms with E-state index in [1.807, 2.05) is 36.4 Å². The summed E-state index contributed by atoms with van der Waals surface area (Å²) < 4.78 is 0. The van der Waals surface area contributed by atoms with Crippen LogP contribution < -0.4 is 10.6 Å². The summed E-state index contributed by atoms with van der Waals surface area (Å²) in [6, 6.07) is 15.7. The normalized spacial score (nSPS) is 12.2. The molecule has 0 bridgehead atoms. The molecule has 0 aromatic heterocycles. The topological polar surface area (TPSA) is 29.3 Å². The number of rotatable bonds is 5. The Hall–Kier alpha value is -1.22. The molecular formula is C16H18Cl2N2. The zero-order valence-corrected chi connectivity index (χ0v) is 12.9. The van der Waals surface area contributed by atoms with Crippen molar-refractivity contribution >= 4 is 28.9 Å². The summed E-state index contributed by atoms with van der Waals surface area (Å²) in [7, 11) is 0. The molecule has 0 saturated carbocycles. The molecule has 1 atom stereocenters. The standard InChI is InChI=1S/C16H18Cl2N2/c1-2-20(12-7-4-3-5-8-12)15(11-19)16-13(17)9-6-10-14(16)18/h3-10,15H,2,11,19H2,1H3. The van der Waals surface area contributed by atoms with Gasteiger partial charge in [0.15, 0.2) is 0 Å². The van der Waals surface area contributed by atoms with Crippen LogP contribution in [0.4, 0.5) is 5.69 Å². The Labute approximate surface area is 130 Å². The Morgan fingerprint density at radius 2 is 1.60 bits per heavy atom. The second kappa shape index (κ2) is 6.98. The van der Waals surface area contributed by atoms with Crippen LogP contribution in [0, 0.1) is 0 Å². The molecule has 2 aromatic rings. The number of nitrogens with two attached hydrogens (primary N) is 1. The van der Waals surface area contributed by atoms with Crippen LogP contribution in [0.25, 0.3) is 0 Å². The molecule has 20 heavy (non-hydrogen) atoms. The molecule has 0 saturated heterocycles. The van der Waals surface area contributed by atoms with Gasteiger partial charge >= 0.3 is 0 Å². The zero-order chi connectivity index (χ0) is 14.5. The first-order valence-electron chi connectivity index (χ1n) is 6.64. The Balaban J connectivity index is 2.45. The average molecular weight is 309 g/mol. The Bertz CT molecular complexity index is 537. The van der Waals surface area contributed by atoms with E-state index < -0.39 is 0 Å². The maximum absolute atomic E-state index is 6.32. The smallest absolute Gasteiger partial charge is 0.0693 e. The molecule has 0 radical (unpaired) electrons. The van der Waals surface area contributed by atoms with Crippen LogP contribution in [0.3, 0.4) is 0 Å². The highest BCUT2D eigenvalue weighted by atomic mass is 35.5. The van der Waals surface area contributed by atoms with Gasteiger partial charge in [-0.2, -0.15) is 0 Å². The van der Waals surface area contributed by atoms with Crippen LogP contribution in [-0.2, 0) is 0 Å². The van der Waals surface area contributed by atoms with E-state index in [0.29, 0.717) is 16.6 Å². The molecule has 0 aliphatic carbocycles. The van der Waals surface area contributed by atoms with Gasteiger partial charge in [-0.25, -0.2) is 0 Å². The summed E-state index contributed by atoms with van der Waals surface area (Å²) in [5, 5.41) is 1.31. The number of para-hydroxylation sites is 1. The van der Waals surface area contributed by atoms with Crippen molar-refractivity contribution in [1.29, 1.82) is 0 Å². The summed E-state index contributed by atoms with van der Waals surface area (Å²) in [6.45, 7) is 3.38. The van der Waals surface area contributed by atoms with Gasteiger partial charge in [0.05, 0.1) is 6.04 Å². The number of halogens is 2. The third-order valence-corrected chi connectivity index (χ3v) is 4.02. The van der Waals surface area contributed by atoms with Crippen LogP contribution in [-0.4, -0.2) is 13.1 Å². The molecule has 0 aliphatic rings. The monoisotopic (exact) mass is 308 g/mol. The Kier molecular flexibility index (Phi) is 5.30. The summed E-state index contributed by atoms with van der Waals surface area (Å²) in [5.74, 6) is 0. The minimum absolute atomic E-state index is 0.0383. The van der Waals surface area contributed by atoms with Gasteiger partial charge in [-0.05, 0) is 31.2 Å². The Morgan fingerprint density at radius 3 is 2.10 bits per heavy atom. The molecule has 0 spiro atoms. The fourth-order valence-electron chi connectivity index (χ4n) is 2.43. The number of anilines is 1. The fraction of sp³-hybridized carbons (Fsp3) is 0.250. The van der Waals surface area contributed by atoms with E-state index >= 15 is 0 Å². The molecule has 0 fully saturated rings. The van der Waals surface area contributed by atoms with Crippen molar-refractivity contribution in [2.24, 2.45) is 5.73 Å². The zero-order valence-electron chi connectivity index (χ0n) is 11.4. The third kappa shape index (κ3) is 3.09. The SMILES string of the molecule is CCN(c1ccccc1)C(CN)c1c(Cl)cccc1Cl. The molecule has 2 N–H and O–H groups in total. The highest BCUT2D eigenvalue weighted by molar-refractivity contribution is 6.36. The van der Waals surface area contributed by atoms with Crippen molar-refractivity contribution in [2.75, 3.05) is 18.0 Å². The number of hydrogen-bond donors (Lipinski definition) is 1. The number of benzene rings is 2. The lowest BCUT2D eigenvalue weighted by molar-refractivity contribution is 0.644. The van der Waals surface area contributed by atoms with Crippen molar-refractivity contribution < 1.29 is 0 Å². The van der Waals surface area contributed by atoms with Crippen molar-refractivity contribution in [3.8, 4) is 0 Å². The first-order chi connectivity index (χ1) is 9.69. The lowest BCUT2D eigenvalue weighted by atomic mass is 10.0. The molecule has 2 aromatic carbocycles. The quantitative estimate of drug-likeness (QED) is 0.880. The van der Waals surface area contributed by atoms with Gasteiger partial charge in [0.2, 0.25) is 0 Å². The first-order valence-corrected chi connectivity index (χ1v) is 7.40. The van der Waals surface area contributed by atoms with Gasteiger partial charge in [-0.3, -0.25) is 0 Å². The Morgan fingerprint density at radius 1 is 1.00 bits per heavy atom. The van der Waals surface area contributed by atoms with E-state index in [2.05, 4.69) is 24.0 Å². The second-order valence-electron chi connectivity index (χ2n) is 4.51. The summed E-state index contributed by atoms with van der Waals surface area (Å²) in [4.78, 5) is 2.22.